The second-order valence-corrected chi connectivity index (χ2v) is 21.4. The molecule has 0 aromatic carbocycles. The third-order valence-corrected chi connectivity index (χ3v) is 13.3. The van der Waals surface area contributed by atoms with Gasteiger partial charge in [0.25, 0.3) is 0 Å². The fourth-order valence-electron chi connectivity index (χ4n) is 5.36. The number of hydrogen-bond donors (Lipinski definition) is 0. The van der Waals surface area contributed by atoms with Crippen molar-refractivity contribution < 1.29 is 4.74 Å². The summed E-state index contributed by atoms with van der Waals surface area (Å²) in [7, 11) is 0. The molecule has 3 rings (SSSR count). The van der Waals surface area contributed by atoms with Crippen LogP contribution < -0.4 is 10.5 Å². The predicted octanol–water partition coefficient (Wildman–Crippen LogP) is 7.07. The molecule has 0 amide bonds. The zero-order valence-corrected chi connectivity index (χ0v) is 32.4. The van der Waals surface area contributed by atoms with Crippen molar-refractivity contribution in [1.82, 2.24) is 0 Å². The molecule has 0 saturated carbocycles. The van der Waals surface area contributed by atoms with Gasteiger partial charge in [-0.05, 0) is 0 Å². The van der Waals surface area contributed by atoms with E-state index >= 15 is 0 Å². The summed E-state index contributed by atoms with van der Waals surface area (Å²) in [6.07, 6.45) is 13.1. The summed E-state index contributed by atoms with van der Waals surface area (Å²) in [5, 5.41) is 0. The van der Waals surface area contributed by atoms with Gasteiger partial charge in [-0.2, -0.15) is 0 Å². The molecule has 2 unspecified atom stereocenters. The van der Waals surface area contributed by atoms with Gasteiger partial charge < -0.3 is 0 Å². The summed E-state index contributed by atoms with van der Waals surface area (Å²) >= 11 is 5.82. The van der Waals surface area contributed by atoms with Crippen LogP contribution in [0.3, 0.4) is 0 Å². The van der Waals surface area contributed by atoms with Crippen molar-refractivity contribution in [2.75, 3.05) is 0 Å². The van der Waals surface area contributed by atoms with Crippen LogP contribution in [0.4, 0.5) is 0 Å². The van der Waals surface area contributed by atoms with Gasteiger partial charge in [-0.3, -0.25) is 0 Å². The standard InChI is InChI=1S/C29H44OS2.2Sn.4H/c1-21(2)9-7-11-23(5)13-17-29(18-14-24(6)12-8-10-22(3)4)25-15-19-31-27(25)28-26(30-29)16-20-32-28;;;;;;/h15-16,21-24H,7-14,17-18H2,1-6H3;;;;;;. The average molecular weight is 714 g/mol. The Morgan fingerprint density at radius 3 is 1.74 bits per heavy atom. The molecule has 0 spiro atoms. The molecule has 0 saturated heterocycles. The van der Waals surface area contributed by atoms with Crippen molar-refractivity contribution in [3.8, 4) is 15.5 Å². The average Bonchev–Trinajstić information content (AvgIpc) is 3.32. The number of thiophene rings is 2. The Hall–Kier alpha value is 0.797. The summed E-state index contributed by atoms with van der Waals surface area (Å²) < 4.78 is 10.3. The second kappa shape index (κ2) is 13.6. The molecule has 5 heteroatoms. The molecule has 1 aliphatic heterocycles. The first-order valence-electron chi connectivity index (χ1n) is 13.7. The van der Waals surface area contributed by atoms with Crippen molar-refractivity contribution in [3.63, 3.8) is 0 Å². The first-order chi connectivity index (χ1) is 16.1. The summed E-state index contributed by atoms with van der Waals surface area (Å²) in [5.41, 5.74) is 1.45. The predicted molar refractivity (Wildman–Crippen MR) is 160 cm³/mol. The van der Waals surface area contributed by atoms with Gasteiger partial charge in [0.1, 0.15) is 0 Å². The minimum atomic E-state index is -0.107. The molecule has 2 aromatic heterocycles. The molecule has 0 N–H and O–H groups in total. The molecular weight excluding hydrogens is 666 g/mol. The molecule has 1 aliphatic rings. The van der Waals surface area contributed by atoms with Crippen LogP contribution in [0.25, 0.3) is 9.75 Å². The van der Waals surface area contributed by atoms with Crippen molar-refractivity contribution in [1.29, 1.82) is 0 Å². The SMILES string of the molecule is CC(C)CCCC(C)CCC1(CCC(C)CCCC(C)C)Oc2c[c]([SnH2])sc2-c2s[c]([SnH2])cc21. The van der Waals surface area contributed by atoms with E-state index in [4.69, 9.17) is 4.74 Å². The van der Waals surface area contributed by atoms with Gasteiger partial charge in [0.2, 0.25) is 0 Å². The van der Waals surface area contributed by atoms with Gasteiger partial charge in [0.15, 0.2) is 0 Å². The van der Waals surface area contributed by atoms with Crippen molar-refractivity contribution >= 4 is 73.5 Å². The molecule has 1 nitrogen and oxygen atoms in total. The maximum atomic E-state index is 7.13. The van der Waals surface area contributed by atoms with Crippen LogP contribution in [-0.2, 0) is 5.60 Å². The van der Waals surface area contributed by atoms with E-state index in [1.165, 1.54) is 74.8 Å². The maximum absolute atomic E-state index is 7.13. The Morgan fingerprint density at radius 2 is 1.21 bits per heavy atom. The fraction of sp³-hybridized carbons (Fsp3) is 0.724. The van der Waals surface area contributed by atoms with E-state index in [9.17, 15) is 0 Å². The summed E-state index contributed by atoms with van der Waals surface area (Å²) in [5.74, 6) is 4.42. The van der Waals surface area contributed by atoms with Crippen LogP contribution in [0, 0.1) is 23.7 Å². The second-order valence-electron chi connectivity index (χ2n) is 11.9. The van der Waals surface area contributed by atoms with Gasteiger partial charge in [0, 0.05) is 0 Å². The summed E-state index contributed by atoms with van der Waals surface area (Å²) in [6.45, 7) is 14.4. The molecule has 2 atom stereocenters. The Kier molecular flexibility index (Phi) is 11.7. The molecule has 2 radical (unpaired) electrons. The number of rotatable bonds is 14. The monoisotopic (exact) mass is 716 g/mol. The Balaban J connectivity index is 1.78. The van der Waals surface area contributed by atoms with Gasteiger partial charge in [0.05, 0.1) is 0 Å². The number of ether oxygens (including phenoxy) is 1. The van der Waals surface area contributed by atoms with E-state index in [2.05, 4.69) is 65.0 Å². The van der Waals surface area contributed by atoms with Crippen LogP contribution in [0.5, 0.6) is 5.75 Å². The van der Waals surface area contributed by atoms with E-state index in [-0.39, 0.29) is 5.60 Å². The van der Waals surface area contributed by atoms with Crippen LogP contribution >= 0.6 is 22.7 Å². The summed E-state index contributed by atoms with van der Waals surface area (Å²) in [6, 6.07) is 4.94. The Labute approximate surface area is 244 Å². The summed E-state index contributed by atoms with van der Waals surface area (Å²) in [4.78, 5) is 3.01. The fourth-order valence-corrected chi connectivity index (χ4v) is 11.0. The molecular formula is C29H48OS2Sn2. The molecule has 34 heavy (non-hydrogen) atoms. The van der Waals surface area contributed by atoms with Gasteiger partial charge in [-0.15, -0.1) is 0 Å². The van der Waals surface area contributed by atoms with E-state index in [0.29, 0.717) is 0 Å². The van der Waals surface area contributed by atoms with Gasteiger partial charge in [-0.1, -0.05) is 0 Å². The molecule has 3 heterocycles. The zero-order valence-electron chi connectivity index (χ0n) is 22.7. The van der Waals surface area contributed by atoms with Crippen LogP contribution in [0.2, 0.25) is 0 Å². The Morgan fingerprint density at radius 1 is 0.706 bits per heavy atom. The third kappa shape index (κ3) is 8.15. The topological polar surface area (TPSA) is 9.23 Å². The van der Waals surface area contributed by atoms with E-state index in [0.717, 1.165) is 68.7 Å². The quantitative estimate of drug-likeness (QED) is 0.191. The molecule has 2 aromatic rings. The molecule has 0 bridgehead atoms. The first kappa shape index (κ1) is 29.4. The third-order valence-electron chi connectivity index (χ3n) is 7.57. The molecule has 0 aliphatic carbocycles. The molecule has 190 valence electrons. The van der Waals surface area contributed by atoms with E-state index < -0.39 is 0 Å². The van der Waals surface area contributed by atoms with Crippen molar-refractivity contribution in [2.24, 2.45) is 23.7 Å². The van der Waals surface area contributed by atoms with E-state index in [1.54, 1.807) is 16.2 Å². The Bertz CT molecular complexity index is 874. The van der Waals surface area contributed by atoms with Crippen LogP contribution in [-0.4, -0.2) is 45.0 Å². The molecule has 0 fully saturated rings. The zero-order chi connectivity index (χ0) is 24.9. The van der Waals surface area contributed by atoms with Crippen LogP contribution in [0.15, 0.2) is 12.1 Å². The van der Waals surface area contributed by atoms with Gasteiger partial charge in [-0.25, -0.2) is 0 Å². The number of hydrogen-bond acceptors (Lipinski definition) is 3. The van der Waals surface area contributed by atoms with E-state index in [1.807, 2.05) is 11.3 Å². The first-order valence-corrected chi connectivity index (χ1v) is 19.4. The minimum absolute atomic E-state index is 0.107. The number of fused-ring (bicyclic) bond motifs is 3. The van der Waals surface area contributed by atoms with Crippen molar-refractivity contribution in [2.45, 2.75) is 111 Å². The van der Waals surface area contributed by atoms with Crippen molar-refractivity contribution in [3.05, 3.63) is 17.7 Å². The van der Waals surface area contributed by atoms with Crippen LogP contribution in [0.1, 0.15) is 111 Å². The normalized spacial score (nSPS) is 19.2. The van der Waals surface area contributed by atoms with Gasteiger partial charge >= 0.3 is 246 Å².